The first-order valence-corrected chi connectivity index (χ1v) is 10.7. The molecule has 0 saturated carbocycles. The van der Waals surface area contributed by atoms with E-state index in [1.54, 1.807) is 35.3 Å². The van der Waals surface area contributed by atoms with Crippen LogP contribution in [0.2, 0.25) is 5.02 Å². The van der Waals surface area contributed by atoms with Crippen molar-refractivity contribution in [1.82, 2.24) is 18.9 Å². The molecule has 5 aromatic rings. The van der Waals surface area contributed by atoms with Gasteiger partial charge in [-0.1, -0.05) is 35.9 Å². The van der Waals surface area contributed by atoms with Gasteiger partial charge in [0.25, 0.3) is 5.56 Å². The van der Waals surface area contributed by atoms with Gasteiger partial charge >= 0.3 is 0 Å². The largest absolute Gasteiger partial charge is 0.497 e. The molecule has 0 unspecified atom stereocenters. The fourth-order valence-corrected chi connectivity index (χ4v) is 4.25. The predicted molar refractivity (Wildman–Crippen MR) is 129 cm³/mol. The Morgan fingerprint density at radius 2 is 1.70 bits per heavy atom. The van der Waals surface area contributed by atoms with Crippen LogP contribution < -0.4 is 15.0 Å². The van der Waals surface area contributed by atoms with Gasteiger partial charge in [0.2, 0.25) is 5.88 Å². The van der Waals surface area contributed by atoms with E-state index in [0.717, 1.165) is 16.9 Å². The van der Waals surface area contributed by atoms with Gasteiger partial charge in [-0.05, 0) is 42.8 Å². The number of imidazole rings is 1. The second-order valence-electron chi connectivity index (χ2n) is 7.62. The highest BCUT2D eigenvalue weighted by molar-refractivity contribution is 6.33. The normalized spacial score (nSPS) is 11.3. The average Bonchev–Trinajstić information content (AvgIpc) is 3.19. The van der Waals surface area contributed by atoms with Crippen molar-refractivity contribution in [2.75, 3.05) is 14.2 Å². The van der Waals surface area contributed by atoms with Crippen molar-refractivity contribution < 1.29 is 9.47 Å². The number of fused-ring (bicyclic) bond motifs is 3. The lowest BCUT2D eigenvalue weighted by molar-refractivity contribution is 0.399. The van der Waals surface area contributed by atoms with Gasteiger partial charge in [0, 0.05) is 11.6 Å². The lowest BCUT2D eigenvalue weighted by atomic mass is 10.2. The van der Waals surface area contributed by atoms with E-state index in [9.17, 15) is 4.79 Å². The summed E-state index contributed by atoms with van der Waals surface area (Å²) in [4.78, 5) is 23.2. The first-order chi connectivity index (χ1) is 16.0. The van der Waals surface area contributed by atoms with E-state index < -0.39 is 0 Å². The maximum absolute atomic E-state index is 13.8. The molecule has 0 aliphatic heterocycles. The maximum atomic E-state index is 13.8. The van der Waals surface area contributed by atoms with Crippen LogP contribution in [-0.4, -0.2) is 33.2 Å². The average molecular weight is 461 g/mol. The minimum absolute atomic E-state index is 0.159. The third-order valence-electron chi connectivity index (χ3n) is 5.65. The number of aryl methyl sites for hydroxylation is 1. The minimum atomic E-state index is -0.159. The molecule has 0 amide bonds. The Balaban J connectivity index is 1.84. The number of benzene rings is 2. The Morgan fingerprint density at radius 3 is 2.39 bits per heavy atom. The van der Waals surface area contributed by atoms with Gasteiger partial charge in [-0.3, -0.25) is 13.8 Å². The van der Waals surface area contributed by atoms with Crippen molar-refractivity contribution in [3.05, 3.63) is 87.3 Å². The first kappa shape index (κ1) is 21.0. The molecule has 8 heteroatoms. The van der Waals surface area contributed by atoms with Gasteiger partial charge in [-0.25, -0.2) is 4.98 Å². The van der Waals surface area contributed by atoms with Gasteiger partial charge in [-0.15, -0.1) is 0 Å². The number of methoxy groups -OCH3 is 2. The van der Waals surface area contributed by atoms with E-state index in [2.05, 4.69) is 0 Å². The number of rotatable bonds is 5. The van der Waals surface area contributed by atoms with Crippen LogP contribution in [0.3, 0.4) is 0 Å². The molecule has 2 aromatic carbocycles. The van der Waals surface area contributed by atoms with Crippen LogP contribution >= 0.6 is 11.6 Å². The highest BCUT2D eigenvalue weighted by Crippen LogP contribution is 2.30. The van der Waals surface area contributed by atoms with Crippen molar-refractivity contribution in [1.29, 1.82) is 0 Å². The second kappa shape index (κ2) is 8.26. The maximum Gasteiger partial charge on any atom is 0.277 e. The number of hydrogen-bond donors (Lipinski definition) is 0. The summed E-state index contributed by atoms with van der Waals surface area (Å²) in [6, 6.07) is 18.7. The topological polar surface area (TPSA) is 70.7 Å². The van der Waals surface area contributed by atoms with E-state index >= 15 is 0 Å². The van der Waals surface area contributed by atoms with Crippen LogP contribution in [0.5, 0.6) is 11.6 Å². The van der Waals surface area contributed by atoms with Crippen molar-refractivity contribution in [3.63, 3.8) is 0 Å². The molecule has 0 aliphatic carbocycles. The molecule has 3 heterocycles. The smallest absolute Gasteiger partial charge is 0.277 e. The van der Waals surface area contributed by atoms with E-state index in [0.29, 0.717) is 45.6 Å². The number of pyridine rings is 1. The summed E-state index contributed by atoms with van der Waals surface area (Å²) in [7, 11) is 3.19. The van der Waals surface area contributed by atoms with Crippen LogP contribution in [0.1, 0.15) is 11.3 Å². The Bertz CT molecular complexity index is 1550. The van der Waals surface area contributed by atoms with Crippen molar-refractivity contribution in [3.8, 4) is 23.0 Å². The van der Waals surface area contributed by atoms with Crippen LogP contribution in [0.15, 0.2) is 65.5 Å². The van der Waals surface area contributed by atoms with Gasteiger partial charge in [0.05, 0.1) is 37.0 Å². The number of hydrogen-bond acceptors (Lipinski definition) is 5. The molecule has 0 atom stereocenters. The monoisotopic (exact) mass is 460 g/mol. The van der Waals surface area contributed by atoms with Crippen molar-refractivity contribution in [2.45, 2.75) is 13.5 Å². The minimum Gasteiger partial charge on any atom is -0.497 e. The summed E-state index contributed by atoms with van der Waals surface area (Å²) in [6.45, 7) is 2.19. The number of nitrogens with zero attached hydrogens (tertiary/aromatic N) is 4. The van der Waals surface area contributed by atoms with Gasteiger partial charge in [0.1, 0.15) is 17.1 Å². The molecule has 0 spiro atoms. The fourth-order valence-electron chi connectivity index (χ4n) is 4.03. The third-order valence-corrected chi connectivity index (χ3v) is 5.98. The first-order valence-electron chi connectivity index (χ1n) is 10.4. The van der Waals surface area contributed by atoms with Gasteiger partial charge < -0.3 is 9.47 Å². The highest BCUT2D eigenvalue weighted by Gasteiger charge is 2.21. The number of aromatic nitrogens is 4. The molecule has 0 radical (unpaired) electrons. The molecule has 7 nitrogen and oxygen atoms in total. The van der Waals surface area contributed by atoms with E-state index in [-0.39, 0.29) is 5.56 Å². The summed E-state index contributed by atoms with van der Waals surface area (Å²) in [5.41, 5.74) is 3.80. The third kappa shape index (κ3) is 3.50. The molecule has 5 rings (SSSR count). The Hall–Kier alpha value is -3.84. The highest BCUT2D eigenvalue weighted by atomic mass is 35.5. The molecule has 33 heavy (non-hydrogen) atoms. The molecule has 0 fully saturated rings. The Morgan fingerprint density at radius 1 is 0.939 bits per heavy atom. The van der Waals surface area contributed by atoms with Crippen LogP contribution in [0.25, 0.3) is 28.1 Å². The Kier molecular flexibility index (Phi) is 5.26. The molecule has 166 valence electrons. The van der Waals surface area contributed by atoms with Crippen LogP contribution in [0, 0.1) is 6.92 Å². The molecule has 0 saturated heterocycles. The zero-order valence-electron chi connectivity index (χ0n) is 18.4. The summed E-state index contributed by atoms with van der Waals surface area (Å²) < 4.78 is 14.1. The number of halogens is 1. The molecule has 0 bridgehead atoms. The predicted octanol–water partition coefficient (Wildman–Crippen LogP) is 4.74. The summed E-state index contributed by atoms with van der Waals surface area (Å²) in [5.74, 6) is 1.76. The zero-order chi connectivity index (χ0) is 23.1. The van der Waals surface area contributed by atoms with E-state index in [4.69, 9.17) is 31.0 Å². The van der Waals surface area contributed by atoms with Crippen LogP contribution in [0.4, 0.5) is 0 Å². The standard InChI is InChI=1S/C25H21ClN4O3/c1-15-22-25(31)29(14-16-8-10-17(32-2)11-9-16)20-12-13-21(33-3)28-24(20)30(22)23(27-15)18-6-4-5-7-19(18)26/h4-13H,14H2,1-3H3. The summed E-state index contributed by atoms with van der Waals surface area (Å²) >= 11 is 6.49. The molecular formula is C25H21ClN4O3. The summed E-state index contributed by atoms with van der Waals surface area (Å²) in [6.07, 6.45) is 0. The molecular weight excluding hydrogens is 440 g/mol. The molecule has 0 N–H and O–H groups in total. The van der Waals surface area contributed by atoms with Crippen molar-refractivity contribution >= 4 is 28.3 Å². The van der Waals surface area contributed by atoms with E-state index in [1.807, 2.05) is 55.5 Å². The fraction of sp³-hybridized carbons (Fsp3) is 0.160. The molecule has 0 aliphatic rings. The van der Waals surface area contributed by atoms with Crippen LogP contribution in [-0.2, 0) is 6.54 Å². The lowest BCUT2D eigenvalue weighted by Gasteiger charge is -2.14. The SMILES string of the molecule is COc1ccc(Cn2c(=O)c3c(C)nc(-c4ccccc4Cl)n3c3nc(OC)ccc32)cc1. The quantitative estimate of drug-likeness (QED) is 0.379. The summed E-state index contributed by atoms with van der Waals surface area (Å²) in [5, 5.41) is 0.544. The lowest BCUT2D eigenvalue weighted by Crippen LogP contribution is -2.24. The van der Waals surface area contributed by atoms with Gasteiger partial charge in [0.15, 0.2) is 5.65 Å². The zero-order valence-corrected chi connectivity index (χ0v) is 19.1. The van der Waals surface area contributed by atoms with Gasteiger partial charge in [-0.2, -0.15) is 4.98 Å². The number of ether oxygens (including phenoxy) is 2. The second-order valence-corrected chi connectivity index (χ2v) is 8.03. The molecule has 3 aromatic heterocycles. The van der Waals surface area contributed by atoms with E-state index in [1.165, 1.54) is 0 Å². The Labute approximate surface area is 194 Å². The van der Waals surface area contributed by atoms with Crippen molar-refractivity contribution in [2.24, 2.45) is 0 Å².